The second-order valence-electron chi connectivity index (χ2n) is 4.48. The zero-order chi connectivity index (χ0) is 12.5. The maximum absolute atomic E-state index is 11.9. The molecule has 0 amide bonds. The molecule has 7 heteroatoms. The molecule has 0 aliphatic heterocycles. The van der Waals surface area contributed by atoms with E-state index in [2.05, 4.69) is 9.82 Å². The van der Waals surface area contributed by atoms with Crippen molar-refractivity contribution in [3.8, 4) is 0 Å². The lowest BCUT2D eigenvalue weighted by Crippen LogP contribution is -2.30. The standard InChI is InChI=1S/C10H17N3O3S/c1-13-10(4-5-11-13)17(15,16)12-7-8-2-3-9(14)6-8/h4-5,8-9,12,14H,2-3,6-7H2,1H3. The molecule has 1 saturated carbocycles. The second kappa shape index (κ2) is 4.75. The van der Waals surface area contributed by atoms with E-state index in [1.165, 1.54) is 16.9 Å². The Labute approximate surface area is 101 Å². The van der Waals surface area contributed by atoms with Gasteiger partial charge in [0.25, 0.3) is 10.0 Å². The Bertz CT molecular complexity index is 483. The molecule has 6 nitrogen and oxygen atoms in total. The summed E-state index contributed by atoms with van der Waals surface area (Å²) in [5.74, 6) is 0.230. The monoisotopic (exact) mass is 259 g/mol. The molecule has 96 valence electrons. The zero-order valence-corrected chi connectivity index (χ0v) is 10.5. The molecular formula is C10H17N3O3S. The van der Waals surface area contributed by atoms with E-state index in [0.717, 1.165) is 12.8 Å². The molecule has 1 heterocycles. The van der Waals surface area contributed by atoms with E-state index in [-0.39, 0.29) is 17.0 Å². The van der Waals surface area contributed by atoms with Gasteiger partial charge in [0, 0.05) is 13.6 Å². The van der Waals surface area contributed by atoms with Crippen molar-refractivity contribution in [1.82, 2.24) is 14.5 Å². The molecule has 2 unspecified atom stereocenters. The van der Waals surface area contributed by atoms with Gasteiger partial charge >= 0.3 is 0 Å². The normalized spacial score (nSPS) is 25.3. The number of hydrogen-bond acceptors (Lipinski definition) is 4. The van der Waals surface area contributed by atoms with Crippen molar-refractivity contribution in [1.29, 1.82) is 0 Å². The Hall–Kier alpha value is -0.920. The summed E-state index contributed by atoms with van der Waals surface area (Å²) in [4.78, 5) is 0. The Morgan fingerprint density at radius 3 is 2.88 bits per heavy atom. The van der Waals surface area contributed by atoms with Crippen molar-refractivity contribution in [2.24, 2.45) is 13.0 Å². The molecule has 1 aromatic rings. The summed E-state index contributed by atoms with van der Waals surface area (Å²) in [6.45, 7) is 0.380. The van der Waals surface area contributed by atoms with Gasteiger partial charge < -0.3 is 5.11 Å². The largest absolute Gasteiger partial charge is 0.393 e. The molecular weight excluding hydrogens is 242 g/mol. The van der Waals surface area contributed by atoms with Crippen molar-refractivity contribution < 1.29 is 13.5 Å². The van der Waals surface area contributed by atoms with Gasteiger partial charge in [0.15, 0.2) is 5.03 Å². The third kappa shape index (κ3) is 2.85. The number of hydrogen-bond donors (Lipinski definition) is 2. The van der Waals surface area contributed by atoms with Crippen LogP contribution in [0.15, 0.2) is 17.3 Å². The van der Waals surface area contributed by atoms with Crippen LogP contribution in [0.2, 0.25) is 0 Å². The van der Waals surface area contributed by atoms with E-state index in [4.69, 9.17) is 0 Å². The van der Waals surface area contributed by atoms with Gasteiger partial charge in [0.1, 0.15) is 0 Å². The van der Waals surface area contributed by atoms with E-state index >= 15 is 0 Å². The summed E-state index contributed by atoms with van der Waals surface area (Å²) < 4.78 is 27.7. The summed E-state index contributed by atoms with van der Waals surface area (Å²) in [5, 5.41) is 13.4. The molecule has 2 atom stereocenters. The summed E-state index contributed by atoms with van der Waals surface area (Å²) in [5.41, 5.74) is 0. The van der Waals surface area contributed by atoms with Crippen LogP contribution in [0, 0.1) is 5.92 Å². The molecule has 2 N–H and O–H groups in total. The van der Waals surface area contributed by atoms with Crippen LogP contribution >= 0.6 is 0 Å². The lowest BCUT2D eigenvalue weighted by atomic mass is 10.1. The SMILES string of the molecule is Cn1nccc1S(=O)(=O)NCC1CCC(O)C1. The lowest BCUT2D eigenvalue weighted by molar-refractivity contribution is 0.178. The van der Waals surface area contributed by atoms with Crippen LogP contribution < -0.4 is 4.72 Å². The zero-order valence-electron chi connectivity index (χ0n) is 9.70. The molecule has 1 aliphatic rings. The van der Waals surface area contributed by atoms with Crippen LogP contribution in [-0.2, 0) is 17.1 Å². The van der Waals surface area contributed by atoms with E-state index in [1.54, 1.807) is 7.05 Å². The molecule has 0 spiro atoms. The van der Waals surface area contributed by atoms with Gasteiger partial charge in [-0.15, -0.1) is 0 Å². The van der Waals surface area contributed by atoms with Gasteiger partial charge in [-0.1, -0.05) is 0 Å². The Balaban J connectivity index is 1.97. The number of rotatable bonds is 4. The average Bonchev–Trinajstić information content (AvgIpc) is 2.85. The van der Waals surface area contributed by atoms with Gasteiger partial charge in [-0.05, 0) is 31.2 Å². The van der Waals surface area contributed by atoms with Crippen molar-refractivity contribution in [3.63, 3.8) is 0 Å². The first-order valence-electron chi connectivity index (χ1n) is 5.65. The van der Waals surface area contributed by atoms with Crippen molar-refractivity contribution in [2.75, 3.05) is 6.54 Å². The highest BCUT2D eigenvalue weighted by Gasteiger charge is 2.25. The third-order valence-corrected chi connectivity index (χ3v) is 4.62. The average molecular weight is 259 g/mol. The number of sulfonamides is 1. The fraction of sp³-hybridized carbons (Fsp3) is 0.700. The van der Waals surface area contributed by atoms with Crippen LogP contribution in [-0.4, -0.2) is 36.0 Å². The predicted octanol–water partition coefficient (Wildman–Crippen LogP) is -0.141. The highest BCUT2D eigenvalue weighted by molar-refractivity contribution is 7.89. The molecule has 0 saturated heterocycles. The lowest BCUT2D eigenvalue weighted by Gasteiger charge is -2.11. The van der Waals surface area contributed by atoms with Crippen LogP contribution in [0.3, 0.4) is 0 Å². The topological polar surface area (TPSA) is 84.2 Å². The molecule has 0 bridgehead atoms. The molecule has 0 radical (unpaired) electrons. The van der Waals surface area contributed by atoms with Crippen molar-refractivity contribution >= 4 is 10.0 Å². The van der Waals surface area contributed by atoms with Crippen LogP contribution in [0.5, 0.6) is 0 Å². The van der Waals surface area contributed by atoms with Gasteiger partial charge in [-0.2, -0.15) is 5.10 Å². The van der Waals surface area contributed by atoms with E-state index < -0.39 is 10.0 Å². The highest BCUT2D eigenvalue weighted by atomic mass is 32.2. The maximum Gasteiger partial charge on any atom is 0.257 e. The van der Waals surface area contributed by atoms with E-state index in [1.807, 2.05) is 0 Å². The molecule has 1 aliphatic carbocycles. The van der Waals surface area contributed by atoms with Gasteiger partial charge in [-0.3, -0.25) is 4.68 Å². The first-order chi connectivity index (χ1) is 7.99. The summed E-state index contributed by atoms with van der Waals surface area (Å²) in [6.07, 6.45) is 3.48. The minimum Gasteiger partial charge on any atom is -0.393 e. The van der Waals surface area contributed by atoms with Crippen LogP contribution in [0.25, 0.3) is 0 Å². The first kappa shape index (κ1) is 12.5. The molecule has 1 fully saturated rings. The fourth-order valence-corrected chi connectivity index (χ4v) is 3.40. The number of aryl methyl sites for hydroxylation is 1. The van der Waals surface area contributed by atoms with Gasteiger partial charge in [0.05, 0.1) is 12.3 Å². The number of nitrogens with one attached hydrogen (secondary N) is 1. The minimum atomic E-state index is -3.48. The predicted molar refractivity (Wildman–Crippen MR) is 61.7 cm³/mol. The second-order valence-corrected chi connectivity index (χ2v) is 6.19. The first-order valence-corrected chi connectivity index (χ1v) is 7.13. The Morgan fingerprint density at radius 2 is 2.35 bits per heavy atom. The molecule has 2 rings (SSSR count). The quantitative estimate of drug-likeness (QED) is 0.788. The van der Waals surface area contributed by atoms with Gasteiger partial charge in [0.2, 0.25) is 0 Å². The van der Waals surface area contributed by atoms with Crippen LogP contribution in [0.1, 0.15) is 19.3 Å². The maximum atomic E-state index is 11.9. The highest BCUT2D eigenvalue weighted by Crippen LogP contribution is 2.24. The Morgan fingerprint density at radius 1 is 1.59 bits per heavy atom. The molecule has 0 aromatic carbocycles. The summed E-state index contributed by atoms with van der Waals surface area (Å²) >= 11 is 0. The fourth-order valence-electron chi connectivity index (χ4n) is 2.16. The number of aromatic nitrogens is 2. The third-order valence-electron chi connectivity index (χ3n) is 3.13. The number of nitrogens with zero attached hydrogens (tertiary/aromatic N) is 2. The smallest absolute Gasteiger partial charge is 0.257 e. The number of aliphatic hydroxyl groups excluding tert-OH is 1. The van der Waals surface area contributed by atoms with Gasteiger partial charge in [-0.25, -0.2) is 13.1 Å². The Kier molecular flexibility index (Phi) is 3.50. The molecule has 17 heavy (non-hydrogen) atoms. The number of aliphatic hydroxyl groups is 1. The van der Waals surface area contributed by atoms with Crippen molar-refractivity contribution in [3.05, 3.63) is 12.3 Å². The van der Waals surface area contributed by atoms with E-state index in [0.29, 0.717) is 13.0 Å². The summed E-state index contributed by atoms with van der Waals surface area (Å²) in [7, 11) is -1.89. The summed E-state index contributed by atoms with van der Waals surface area (Å²) in [6, 6.07) is 1.46. The molecule has 1 aromatic heterocycles. The minimum absolute atomic E-state index is 0.163. The van der Waals surface area contributed by atoms with E-state index in [9.17, 15) is 13.5 Å². The van der Waals surface area contributed by atoms with Crippen LogP contribution in [0.4, 0.5) is 0 Å². The van der Waals surface area contributed by atoms with Crippen molar-refractivity contribution in [2.45, 2.75) is 30.4 Å².